The predicted octanol–water partition coefficient (Wildman–Crippen LogP) is 4.71. The number of benzene rings is 1. The van der Waals surface area contributed by atoms with Crippen LogP contribution in [-0.2, 0) is 6.42 Å². The first-order chi connectivity index (χ1) is 8.26. The zero-order chi connectivity index (χ0) is 13.8. The van der Waals surface area contributed by atoms with Crippen molar-refractivity contribution in [1.82, 2.24) is 0 Å². The van der Waals surface area contributed by atoms with Crippen LogP contribution in [0.1, 0.15) is 46.1 Å². The average molecular weight is 269 g/mol. The Hall–Kier alpha value is -0.530. The molecule has 1 nitrogen and oxygen atoms in total. The fraction of sp³-hybridized carbons (Fsp3) is 0.625. The quantitative estimate of drug-likeness (QED) is 0.820. The van der Waals surface area contributed by atoms with Crippen LogP contribution in [0.4, 0.5) is 0 Å². The van der Waals surface area contributed by atoms with Gasteiger partial charge < -0.3 is 5.11 Å². The van der Waals surface area contributed by atoms with Crippen LogP contribution >= 0.6 is 11.6 Å². The molecule has 0 aliphatic rings. The first-order valence-corrected chi connectivity index (χ1v) is 7.06. The van der Waals surface area contributed by atoms with Crippen LogP contribution in [0.5, 0.6) is 0 Å². The molecule has 0 radical (unpaired) electrons. The fourth-order valence-electron chi connectivity index (χ4n) is 2.57. The summed E-state index contributed by atoms with van der Waals surface area (Å²) >= 11 is 5.84. The Kier molecular flexibility index (Phi) is 5.68. The monoisotopic (exact) mass is 268 g/mol. The maximum absolute atomic E-state index is 10.1. The maximum Gasteiger partial charge on any atom is 0.0583 e. The molecule has 0 fully saturated rings. The lowest BCUT2D eigenvalue weighted by Crippen LogP contribution is -2.18. The van der Waals surface area contributed by atoms with E-state index in [0.29, 0.717) is 17.8 Å². The van der Waals surface area contributed by atoms with Gasteiger partial charge in [-0.05, 0) is 48.3 Å². The lowest BCUT2D eigenvalue weighted by atomic mass is 9.83. The van der Waals surface area contributed by atoms with Crippen LogP contribution in [0.3, 0.4) is 0 Å². The van der Waals surface area contributed by atoms with Gasteiger partial charge in [-0.2, -0.15) is 0 Å². The van der Waals surface area contributed by atoms with Crippen molar-refractivity contribution < 1.29 is 5.11 Å². The molecular weight excluding hydrogens is 244 g/mol. The Balaban J connectivity index is 2.41. The van der Waals surface area contributed by atoms with Crippen molar-refractivity contribution in [1.29, 1.82) is 0 Å². The highest BCUT2D eigenvalue weighted by Gasteiger charge is 2.18. The van der Waals surface area contributed by atoms with Crippen LogP contribution in [0.2, 0.25) is 5.02 Å². The van der Waals surface area contributed by atoms with Crippen molar-refractivity contribution in [3.05, 3.63) is 34.9 Å². The van der Waals surface area contributed by atoms with Gasteiger partial charge in [0, 0.05) is 5.02 Å². The summed E-state index contributed by atoms with van der Waals surface area (Å²) in [6.07, 6.45) is 2.46. The van der Waals surface area contributed by atoms with Gasteiger partial charge in [0.25, 0.3) is 0 Å². The van der Waals surface area contributed by atoms with E-state index in [-0.39, 0.29) is 6.10 Å². The number of rotatable bonds is 5. The summed E-state index contributed by atoms with van der Waals surface area (Å²) < 4.78 is 0. The van der Waals surface area contributed by atoms with E-state index in [4.69, 9.17) is 11.6 Å². The van der Waals surface area contributed by atoms with Crippen molar-refractivity contribution in [2.45, 2.75) is 53.1 Å². The molecule has 0 saturated heterocycles. The van der Waals surface area contributed by atoms with Gasteiger partial charge in [0.05, 0.1) is 6.10 Å². The normalized spacial score (nSPS) is 15.4. The van der Waals surface area contributed by atoms with E-state index in [1.165, 1.54) is 0 Å². The van der Waals surface area contributed by atoms with E-state index in [1.54, 1.807) is 0 Å². The number of aliphatic hydroxyl groups is 1. The molecule has 102 valence electrons. The first-order valence-electron chi connectivity index (χ1n) is 6.69. The van der Waals surface area contributed by atoms with Gasteiger partial charge in [-0.25, -0.2) is 0 Å². The summed E-state index contributed by atoms with van der Waals surface area (Å²) in [6.45, 7) is 8.95. The second-order valence-corrected chi connectivity index (χ2v) is 7.03. The van der Waals surface area contributed by atoms with E-state index in [1.807, 2.05) is 24.3 Å². The highest BCUT2D eigenvalue weighted by atomic mass is 35.5. The zero-order valence-electron chi connectivity index (χ0n) is 11.9. The van der Waals surface area contributed by atoms with E-state index in [2.05, 4.69) is 27.7 Å². The molecule has 1 aromatic rings. The first kappa shape index (κ1) is 15.5. The molecule has 1 N–H and O–H groups in total. The molecule has 2 unspecified atom stereocenters. The van der Waals surface area contributed by atoms with Crippen LogP contribution in [0.25, 0.3) is 0 Å². The topological polar surface area (TPSA) is 20.2 Å². The smallest absolute Gasteiger partial charge is 0.0583 e. The molecule has 1 rings (SSSR count). The lowest BCUT2D eigenvalue weighted by Gasteiger charge is -2.24. The van der Waals surface area contributed by atoms with Gasteiger partial charge in [0.15, 0.2) is 0 Å². The van der Waals surface area contributed by atoms with Crippen molar-refractivity contribution in [3.63, 3.8) is 0 Å². The second kappa shape index (κ2) is 6.58. The van der Waals surface area contributed by atoms with E-state index >= 15 is 0 Å². The van der Waals surface area contributed by atoms with Gasteiger partial charge >= 0.3 is 0 Å². The molecule has 1 aromatic carbocycles. The molecule has 0 aromatic heterocycles. The number of hydrogen-bond donors (Lipinski definition) is 1. The Morgan fingerprint density at radius 2 is 1.72 bits per heavy atom. The van der Waals surface area contributed by atoms with Gasteiger partial charge in [0.1, 0.15) is 0 Å². The SMILES string of the molecule is CC(CC(O)Cc1ccc(Cl)cc1)CC(C)(C)C. The Morgan fingerprint density at radius 1 is 1.17 bits per heavy atom. The molecule has 0 spiro atoms. The zero-order valence-corrected chi connectivity index (χ0v) is 12.7. The Morgan fingerprint density at radius 3 is 2.22 bits per heavy atom. The Bertz CT molecular complexity index is 350. The van der Waals surface area contributed by atoms with Crippen LogP contribution < -0.4 is 0 Å². The molecule has 18 heavy (non-hydrogen) atoms. The molecule has 0 aliphatic heterocycles. The summed E-state index contributed by atoms with van der Waals surface area (Å²) in [5.74, 6) is 0.548. The largest absolute Gasteiger partial charge is 0.393 e. The number of hydrogen-bond acceptors (Lipinski definition) is 1. The summed E-state index contributed by atoms with van der Waals surface area (Å²) in [5.41, 5.74) is 1.48. The molecule has 0 bridgehead atoms. The second-order valence-electron chi connectivity index (χ2n) is 6.59. The molecule has 0 aliphatic carbocycles. The average Bonchev–Trinajstić information content (AvgIpc) is 2.18. The van der Waals surface area contributed by atoms with Crippen molar-refractivity contribution in [2.24, 2.45) is 11.3 Å². The number of halogens is 1. The maximum atomic E-state index is 10.1. The standard InChI is InChI=1S/C16H25ClO/c1-12(11-16(2,3)4)9-15(18)10-13-5-7-14(17)8-6-13/h5-8,12,15,18H,9-11H2,1-4H3. The van der Waals surface area contributed by atoms with Crippen LogP contribution in [0, 0.1) is 11.3 Å². The molecule has 0 saturated carbocycles. The Labute approximate surface area is 116 Å². The minimum absolute atomic E-state index is 0.261. The predicted molar refractivity (Wildman–Crippen MR) is 79.0 cm³/mol. The van der Waals surface area contributed by atoms with Crippen LogP contribution in [-0.4, -0.2) is 11.2 Å². The van der Waals surface area contributed by atoms with Crippen molar-refractivity contribution in [2.75, 3.05) is 0 Å². The van der Waals surface area contributed by atoms with E-state index < -0.39 is 0 Å². The third-order valence-electron chi connectivity index (χ3n) is 3.02. The van der Waals surface area contributed by atoms with Crippen LogP contribution in [0.15, 0.2) is 24.3 Å². The summed E-state index contributed by atoms with van der Waals surface area (Å²) in [4.78, 5) is 0. The van der Waals surface area contributed by atoms with Crippen molar-refractivity contribution in [3.8, 4) is 0 Å². The highest BCUT2D eigenvalue weighted by Crippen LogP contribution is 2.27. The van der Waals surface area contributed by atoms with Gasteiger partial charge in [0.2, 0.25) is 0 Å². The summed E-state index contributed by atoms with van der Waals surface area (Å²) in [6, 6.07) is 7.73. The molecule has 0 amide bonds. The molecule has 2 heteroatoms. The number of aliphatic hydroxyl groups excluding tert-OH is 1. The molecular formula is C16H25ClO. The third kappa shape index (κ3) is 6.42. The lowest BCUT2D eigenvalue weighted by molar-refractivity contribution is 0.133. The third-order valence-corrected chi connectivity index (χ3v) is 3.27. The van der Waals surface area contributed by atoms with Gasteiger partial charge in [-0.1, -0.05) is 51.4 Å². The summed E-state index contributed by atoms with van der Waals surface area (Å²) in [7, 11) is 0. The molecule has 0 heterocycles. The van der Waals surface area contributed by atoms with Gasteiger partial charge in [-0.15, -0.1) is 0 Å². The molecule has 2 atom stereocenters. The minimum Gasteiger partial charge on any atom is -0.393 e. The highest BCUT2D eigenvalue weighted by molar-refractivity contribution is 6.30. The summed E-state index contributed by atoms with van der Waals surface area (Å²) in [5, 5.41) is 10.9. The van der Waals surface area contributed by atoms with Gasteiger partial charge in [-0.3, -0.25) is 0 Å². The minimum atomic E-state index is -0.261. The van der Waals surface area contributed by atoms with E-state index in [0.717, 1.165) is 23.4 Å². The van der Waals surface area contributed by atoms with E-state index in [9.17, 15) is 5.11 Å². The van der Waals surface area contributed by atoms with Crippen molar-refractivity contribution >= 4 is 11.6 Å². The fourth-order valence-corrected chi connectivity index (χ4v) is 2.70.